The number of aromatic nitrogens is 1. The normalized spacial score (nSPS) is 12.2. The maximum absolute atomic E-state index is 12.5. The van der Waals surface area contributed by atoms with E-state index in [9.17, 15) is 9.59 Å². The van der Waals surface area contributed by atoms with Crippen LogP contribution in [0, 0.1) is 13.8 Å². The Balaban J connectivity index is 2.77. The van der Waals surface area contributed by atoms with Crippen molar-refractivity contribution in [3.63, 3.8) is 0 Å². The number of benzene rings is 1. The lowest BCUT2D eigenvalue weighted by molar-refractivity contribution is 0.112. The molecule has 3 heteroatoms. The Morgan fingerprint density at radius 3 is 2.48 bits per heavy atom. The molecule has 0 aliphatic rings. The topological polar surface area (TPSA) is 39.1 Å². The molecule has 3 nitrogen and oxygen atoms in total. The second-order valence-corrected chi connectivity index (χ2v) is 5.54. The van der Waals surface area contributed by atoms with E-state index >= 15 is 0 Å². The van der Waals surface area contributed by atoms with Gasteiger partial charge in [-0.1, -0.05) is 30.7 Å². The predicted octanol–water partition coefficient (Wildman–Crippen LogP) is 3.92. The first-order valence-electron chi connectivity index (χ1n) is 7.28. The number of carbonyl (C=O) groups excluding carboxylic acids is 1. The summed E-state index contributed by atoms with van der Waals surface area (Å²) < 4.78 is 1.74. The number of pyridine rings is 1. The summed E-state index contributed by atoms with van der Waals surface area (Å²) in [5.41, 5.74) is 4.23. The van der Waals surface area contributed by atoms with Crippen molar-refractivity contribution in [3.05, 3.63) is 57.4 Å². The van der Waals surface area contributed by atoms with Crippen LogP contribution in [0.15, 0.2) is 35.1 Å². The largest absolute Gasteiger partial charge is 0.305 e. The molecular weight excluding hydrogens is 262 g/mol. The summed E-state index contributed by atoms with van der Waals surface area (Å²) in [5.74, 6) is 0. The van der Waals surface area contributed by atoms with E-state index in [1.165, 1.54) is 5.56 Å². The van der Waals surface area contributed by atoms with E-state index in [1.807, 2.05) is 45.9 Å². The van der Waals surface area contributed by atoms with Crippen molar-refractivity contribution < 1.29 is 4.79 Å². The number of hydrogen-bond donors (Lipinski definition) is 0. The van der Waals surface area contributed by atoms with E-state index < -0.39 is 0 Å². The molecule has 1 unspecified atom stereocenters. The molecule has 0 spiro atoms. The van der Waals surface area contributed by atoms with Crippen LogP contribution in [0.3, 0.4) is 0 Å². The van der Waals surface area contributed by atoms with Gasteiger partial charge in [0.2, 0.25) is 0 Å². The second-order valence-electron chi connectivity index (χ2n) is 5.54. The number of hydrogen-bond acceptors (Lipinski definition) is 2. The lowest BCUT2D eigenvalue weighted by Crippen LogP contribution is -2.27. The first kappa shape index (κ1) is 15.2. The van der Waals surface area contributed by atoms with Gasteiger partial charge in [-0.3, -0.25) is 9.59 Å². The number of carbonyl (C=O) groups is 1. The quantitative estimate of drug-likeness (QED) is 0.798. The van der Waals surface area contributed by atoms with E-state index in [2.05, 4.69) is 6.07 Å². The smallest absolute Gasteiger partial charge is 0.261 e. The van der Waals surface area contributed by atoms with Gasteiger partial charge in [-0.05, 0) is 44.9 Å². The molecule has 0 saturated heterocycles. The highest BCUT2D eigenvalue weighted by Crippen LogP contribution is 2.26. The monoisotopic (exact) mass is 283 g/mol. The zero-order valence-corrected chi connectivity index (χ0v) is 13.0. The van der Waals surface area contributed by atoms with Crippen molar-refractivity contribution in [3.8, 4) is 11.3 Å². The van der Waals surface area contributed by atoms with Crippen LogP contribution in [-0.2, 0) is 0 Å². The zero-order chi connectivity index (χ0) is 15.6. The lowest BCUT2D eigenvalue weighted by atomic mass is 10.0. The Hall–Kier alpha value is -2.16. The maximum Gasteiger partial charge on any atom is 0.261 e. The Kier molecular flexibility index (Phi) is 4.41. The summed E-state index contributed by atoms with van der Waals surface area (Å²) >= 11 is 0. The van der Waals surface area contributed by atoms with Gasteiger partial charge in [0.15, 0.2) is 6.29 Å². The van der Waals surface area contributed by atoms with Gasteiger partial charge in [-0.25, -0.2) is 0 Å². The van der Waals surface area contributed by atoms with Crippen molar-refractivity contribution in [1.82, 2.24) is 4.57 Å². The van der Waals surface area contributed by atoms with Gasteiger partial charge in [0.25, 0.3) is 5.56 Å². The molecule has 0 aliphatic carbocycles. The van der Waals surface area contributed by atoms with Gasteiger partial charge in [-0.2, -0.15) is 0 Å². The summed E-state index contributed by atoms with van der Waals surface area (Å²) in [4.78, 5) is 23.5. The average molecular weight is 283 g/mol. The van der Waals surface area contributed by atoms with E-state index in [-0.39, 0.29) is 17.2 Å². The molecule has 0 aliphatic heterocycles. The fourth-order valence-electron chi connectivity index (χ4n) is 2.60. The highest BCUT2D eigenvalue weighted by Gasteiger charge is 2.15. The van der Waals surface area contributed by atoms with Gasteiger partial charge in [0.1, 0.15) is 0 Å². The Bertz CT molecular complexity index is 728. The van der Waals surface area contributed by atoms with Crippen molar-refractivity contribution in [2.24, 2.45) is 0 Å². The molecule has 0 saturated carbocycles. The molecule has 1 heterocycles. The third-order valence-electron chi connectivity index (χ3n) is 3.96. The summed E-state index contributed by atoms with van der Waals surface area (Å²) in [6.45, 7) is 8.13. The summed E-state index contributed by atoms with van der Waals surface area (Å²) in [6, 6.07) is 9.72. The van der Waals surface area contributed by atoms with E-state index in [4.69, 9.17) is 0 Å². The summed E-state index contributed by atoms with van der Waals surface area (Å²) in [7, 11) is 0. The van der Waals surface area contributed by atoms with Crippen LogP contribution in [-0.4, -0.2) is 10.9 Å². The summed E-state index contributed by atoms with van der Waals surface area (Å²) in [5, 5.41) is 0. The molecule has 0 radical (unpaired) electrons. The molecule has 0 N–H and O–H groups in total. The zero-order valence-electron chi connectivity index (χ0n) is 13.0. The third kappa shape index (κ3) is 2.82. The molecule has 1 aromatic heterocycles. The second kappa shape index (κ2) is 6.08. The minimum atomic E-state index is -0.211. The highest BCUT2D eigenvalue weighted by atomic mass is 16.1. The average Bonchev–Trinajstić information content (AvgIpc) is 2.46. The molecular formula is C18H21NO2. The Morgan fingerprint density at radius 2 is 1.90 bits per heavy atom. The first-order valence-corrected chi connectivity index (χ1v) is 7.28. The molecule has 0 amide bonds. The minimum absolute atomic E-state index is 0.0492. The molecule has 2 aromatic rings. The van der Waals surface area contributed by atoms with Gasteiger partial charge < -0.3 is 4.57 Å². The van der Waals surface area contributed by atoms with Crippen LogP contribution >= 0.6 is 0 Å². The molecule has 21 heavy (non-hydrogen) atoms. The fraction of sp³-hybridized carbons (Fsp3) is 0.333. The van der Waals surface area contributed by atoms with Gasteiger partial charge in [0.05, 0.1) is 11.3 Å². The van der Waals surface area contributed by atoms with Crippen molar-refractivity contribution in [1.29, 1.82) is 0 Å². The van der Waals surface area contributed by atoms with Crippen molar-refractivity contribution >= 4 is 6.29 Å². The van der Waals surface area contributed by atoms with Crippen LogP contribution in [0.1, 0.15) is 47.8 Å². The van der Waals surface area contributed by atoms with Crippen LogP contribution < -0.4 is 5.56 Å². The first-order chi connectivity index (χ1) is 9.99. The molecule has 2 rings (SSSR count). The molecule has 110 valence electrons. The lowest BCUT2D eigenvalue weighted by Gasteiger charge is -2.20. The summed E-state index contributed by atoms with van der Waals surface area (Å²) in [6.07, 6.45) is 1.47. The molecule has 0 bridgehead atoms. The van der Waals surface area contributed by atoms with Crippen LogP contribution in [0.2, 0.25) is 0 Å². The van der Waals surface area contributed by atoms with Gasteiger partial charge in [-0.15, -0.1) is 0 Å². The number of rotatable bonds is 4. The number of aldehydes is 1. The fourth-order valence-corrected chi connectivity index (χ4v) is 2.60. The molecule has 1 aromatic carbocycles. The molecule has 1 atom stereocenters. The predicted molar refractivity (Wildman–Crippen MR) is 86.0 cm³/mol. The van der Waals surface area contributed by atoms with E-state index in [0.29, 0.717) is 6.29 Å². The third-order valence-corrected chi connectivity index (χ3v) is 3.96. The molecule has 0 fully saturated rings. The van der Waals surface area contributed by atoms with Crippen molar-refractivity contribution in [2.75, 3.05) is 0 Å². The van der Waals surface area contributed by atoms with E-state index in [0.717, 1.165) is 23.2 Å². The van der Waals surface area contributed by atoms with Gasteiger partial charge in [0, 0.05) is 11.6 Å². The minimum Gasteiger partial charge on any atom is -0.305 e. The van der Waals surface area contributed by atoms with E-state index in [1.54, 1.807) is 10.6 Å². The highest BCUT2D eigenvalue weighted by molar-refractivity contribution is 5.76. The number of aryl methyl sites for hydroxylation is 2. The standard InChI is InChI=1S/C18H21NO2/c1-5-14(4)19-17(9-7-15(11-20)18(19)21)16-8-6-12(2)10-13(16)3/h6-11,14H,5H2,1-4H3. The van der Waals surface area contributed by atoms with Crippen LogP contribution in [0.25, 0.3) is 11.3 Å². The van der Waals surface area contributed by atoms with Crippen LogP contribution in [0.4, 0.5) is 0 Å². The Morgan fingerprint density at radius 1 is 1.19 bits per heavy atom. The SMILES string of the molecule is CCC(C)n1c(-c2ccc(C)cc2C)ccc(C=O)c1=O. The number of nitrogens with zero attached hydrogens (tertiary/aromatic N) is 1. The maximum atomic E-state index is 12.5. The Labute approximate surface area is 125 Å². The van der Waals surface area contributed by atoms with Gasteiger partial charge >= 0.3 is 0 Å². The van der Waals surface area contributed by atoms with Crippen molar-refractivity contribution in [2.45, 2.75) is 40.2 Å². The van der Waals surface area contributed by atoms with Crippen LogP contribution in [0.5, 0.6) is 0 Å².